The average molecular weight is 510 g/mol. The number of benzene rings is 3. The standard InChI is InChI=1S/C32H35N3O3/c1-5-9-24-14-15-29(30(19-24)37-4)38-17-8-16-34-27-11-7-6-10-26(27)33-32(34)25-20-31(36)35(21-25)28-18-22(2)12-13-23(28)3/h5-7,9-15,18-19,25H,8,16-17,20-21H2,1-4H3/b9-5+. The highest BCUT2D eigenvalue weighted by atomic mass is 16.5. The summed E-state index contributed by atoms with van der Waals surface area (Å²) in [4.78, 5) is 20.1. The van der Waals surface area contributed by atoms with Gasteiger partial charge in [-0.2, -0.15) is 0 Å². The molecule has 1 aliphatic rings. The number of carbonyl (C=O) groups excluding carboxylic acids is 1. The molecule has 0 saturated carbocycles. The number of nitrogens with zero attached hydrogens (tertiary/aromatic N) is 3. The normalized spacial score (nSPS) is 15.6. The molecule has 0 radical (unpaired) electrons. The number of hydrogen-bond acceptors (Lipinski definition) is 4. The number of carbonyl (C=O) groups is 1. The Balaban J connectivity index is 1.33. The molecule has 1 atom stereocenters. The summed E-state index contributed by atoms with van der Waals surface area (Å²) in [6.45, 7) is 8.06. The number of amides is 1. The molecule has 0 aliphatic carbocycles. The molecule has 38 heavy (non-hydrogen) atoms. The van der Waals surface area contributed by atoms with Gasteiger partial charge in [0.1, 0.15) is 5.82 Å². The first-order chi connectivity index (χ1) is 18.5. The highest BCUT2D eigenvalue weighted by molar-refractivity contribution is 5.97. The van der Waals surface area contributed by atoms with Gasteiger partial charge in [-0.25, -0.2) is 4.98 Å². The van der Waals surface area contributed by atoms with Crippen LogP contribution in [-0.4, -0.2) is 35.7 Å². The lowest BCUT2D eigenvalue weighted by molar-refractivity contribution is -0.117. The van der Waals surface area contributed by atoms with Crippen molar-refractivity contribution in [2.24, 2.45) is 0 Å². The second kappa shape index (κ2) is 11.1. The van der Waals surface area contributed by atoms with Crippen LogP contribution in [0.25, 0.3) is 17.1 Å². The summed E-state index contributed by atoms with van der Waals surface area (Å²) in [5, 5.41) is 0. The highest BCUT2D eigenvalue weighted by Gasteiger charge is 2.35. The number of aryl methyl sites for hydroxylation is 3. The van der Waals surface area contributed by atoms with Gasteiger partial charge in [-0.05, 0) is 74.2 Å². The van der Waals surface area contributed by atoms with Gasteiger partial charge in [-0.1, -0.05) is 42.5 Å². The SMILES string of the molecule is C/C=C/c1ccc(OCCCn2c(C3CC(=O)N(c4cc(C)ccc4C)C3)nc3ccccc32)c(OC)c1. The third kappa shape index (κ3) is 5.17. The molecular formula is C32H35N3O3. The van der Waals surface area contributed by atoms with Crippen molar-refractivity contribution in [2.75, 3.05) is 25.2 Å². The van der Waals surface area contributed by atoms with Crippen LogP contribution in [0.3, 0.4) is 0 Å². The number of allylic oxidation sites excluding steroid dienone is 1. The summed E-state index contributed by atoms with van der Waals surface area (Å²) in [5.74, 6) is 2.63. The summed E-state index contributed by atoms with van der Waals surface area (Å²) < 4.78 is 13.9. The van der Waals surface area contributed by atoms with E-state index >= 15 is 0 Å². The molecule has 0 spiro atoms. The van der Waals surface area contributed by atoms with Crippen molar-refractivity contribution in [3.63, 3.8) is 0 Å². The van der Waals surface area contributed by atoms with Crippen molar-refractivity contribution in [1.29, 1.82) is 0 Å². The zero-order valence-electron chi connectivity index (χ0n) is 22.6. The Morgan fingerprint density at radius 1 is 1.05 bits per heavy atom. The molecule has 2 heterocycles. The zero-order chi connectivity index (χ0) is 26.6. The van der Waals surface area contributed by atoms with Crippen molar-refractivity contribution >= 4 is 28.7 Å². The first-order valence-corrected chi connectivity index (χ1v) is 13.2. The number of imidazole rings is 1. The van der Waals surface area contributed by atoms with Crippen LogP contribution in [0.15, 0.2) is 66.7 Å². The minimum Gasteiger partial charge on any atom is -0.493 e. The molecule has 196 valence electrons. The molecule has 1 fully saturated rings. The molecule has 0 N–H and O–H groups in total. The Morgan fingerprint density at radius 2 is 1.89 bits per heavy atom. The molecule has 5 rings (SSSR count). The Kier molecular flexibility index (Phi) is 7.50. The van der Waals surface area contributed by atoms with E-state index in [-0.39, 0.29) is 11.8 Å². The van der Waals surface area contributed by atoms with Crippen molar-refractivity contribution in [2.45, 2.75) is 46.1 Å². The molecule has 4 aromatic rings. The molecule has 6 nitrogen and oxygen atoms in total. The van der Waals surface area contributed by atoms with Gasteiger partial charge in [-0.3, -0.25) is 4.79 Å². The predicted octanol–water partition coefficient (Wildman–Crippen LogP) is 6.68. The number of hydrogen-bond donors (Lipinski definition) is 0. The lowest BCUT2D eigenvalue weighted by atomic mass is 10.1. The van der Waals surface area contributed by atoms with Crippen LogP contribution < -0.4 is 14.4 Å². The first-order valence-electron chi connectivity index (χ1n) is 13.2. The molecule has 1 aromatic heterocycles. The fourth-order valence-electron chi connectivity index (χ4n) is 5.27. The van der Waals surface area contributed by atoms with E-state index in [1.165, 1.54) is 0 Å². The van der Waals surface area contributed by atoms with Crippen molar-refractivity contribution in [3.05, 3.63) is 89.3 Å². The van der Waals surface area contributed by atoms with E-state index in [0.717, 1.165) is 63.7 Å². The maximum atomic E-state index is 13.1. The van der Waals surface area contributed by atoms with Crippen LogP contribution in [0, 0.1) is 13.8 Å². The number of rotatable bonds is 9. The molecule has 1 amide bonds. The van der Waals surface area contributed by atoms with Gasteiger partial charge in [0.05, 0.1) is 24.8 Å². The van der Waals surface area contributed by atoms with E-state index < -0.39 is 0 Å². The fourth-order valence-corrected chi connectivity index (χ4v) is 5.27. The average Bonchev–Trinajstić information content (AvgIpc) is 3.49. The Hall–Kier alpha value is -4.06. The maximum Gasteiger partial charge on any atom is 0.227 e. The molecular weight excluding hydrogens is 474 g/mol. The third-order valence-electron chi connectivity index (χ3n) is 7.16. The Bertz CT molecular complexity index is 1490. The minimum absolute atomic E-state index is 0.0370. The number of aromatic nitrogens is 2. The van der Waals surface area contributed by atoms with E-state index in [1.807, 2.05) is 60.4 Å². The smallest absolute Gasteiger partial charge is 0.227 e. The Labute approximate surface area is 224 Å². The summed E-state index contributed by atoms with van der Waals surface area (Å²) in [5.41, 5.74) is 6.40. The molecule has 6 heteroatoms. The van der Waals surface area contributed by atoms with Gasteiger partial charge in [0, 0.05) is 31.1 Å². The van der Waals surface area contributed by atoms with Crippen LogP contribution in [0.1, 0.15) is 48.2 Å². The van der Waals surface area contributed by atoms with Crippen molar-refractivity contribution < 1.29 is 14.3 Å². The van der Waals surface area contributed by atoms with Gasteiger partial charge in [0.2, 0.25) is 5.91 Å². The lowest BCUT2D eigenvalue weighted by Crippen LogP contribution is -2.25. The van der Waals surface area contributed by atoms with Crippen molar-refractivity contribution in [3.8, 4) is 11.5 Å². The number of methoxy groups -OCH3 is 1. The first kappa shape index (κ1) is 25.6. The second-order valence-corrected chi connectivity index (χ2v) is 9.92. The molecule has 1 aliphatic heterocycles. The van der Waals surface area contributed by atoms with E-state index in [1.54, 1.807) is 7.11 Å². The molecule has 0 bridgehead atoms. The van der Waals surface area contributed by atoms with Crippen LogP contribution >= 0.6 is 0 Å². The number of fused-ring (bicyclic) bond motifs is 1. The van der Waals surface area contributed by atoms with E-state index in [4.69, 9.17) is 14.5 Å². The molecule has 3 aromatic carbocycles. The van der Waals surface area contributed by atoms with E-state index in [9.17, 15) is 4.79 Å². The van der Waals surface area contributed by atoms with Crippen LogP contribution in [0.5, 0.6) is 11.5 Å². The predicted molar refractivity (Wildman–Crippen MR) is 153 cm³/mol. The van der Waals surface area contributed by atoms with E-state index in [2.05, 4.69) is 42.7 Å². The zero-order valence-corrected chi connectivity index (χ0v) is 22.6. The maximum absolute atomic E-state index is 13.1. The minimum atomic E-state index is 0.0370. The number of para-hydroxylation sites is 2. The van der Waals surface area contributed by atoms with Gasteiger partial charge in [0.25, 0.3) is 0 Å². The van der Waals surface area contributed by atoms with Crippen LogP contribution in [-0.2, 0) is 11.3 Å². The fraction of sp³-hybridized carbons (Fsp3) is 0.312. The third-order valence-corrected chi connectivity index (χ3v) is 7.16. The summed E-state index contributed by atoms with van der Waals surface area (Å²) in [7, 11) is 1.66. The molecule has 1 saturated heterocycles. The Morgan fingerprint density at radius 3 is 2.71 bits per heavy atom. The van der Waals surface area contributed by atoms with E-state index in [0.29, 0.717) is 19.6 Å². The second-order valence-electron chi connectivity index (χ2n) is 9.92. The molecule has 1 unspecified atom stereocenters. The number of ether oxygens (including phenoxy) is 2. The largest absolute Gasteiger partial charge is 0.493 e. The van der Waals surface area contributed by atoms with Crippen LogP contribution in [0.2, 0.25) is 0 Å². The van der Waals surface area contributed by atoms with Crippen molar-refractivity contribution in [1.82, 2.24) is 9.55 Å². The summed E-state index contributed by atoms with van der Waals surface area (Å²) >= 11 is 0. The monoisotopic (exact) mass is 509 g/mol. The quantitative estimate of drug-likeness (QED) is 0.236. The summed E-state index contributed by atoms with van der Waals surface area (Å²) in [6, 6.07) is 20.4. The van der Waals surface area contributed by atoms with Gasteiger partial charge in [0.15, 0.2) is 11.5 Å². The summed E-state index contributed by atoms with van der Waals surface area (Å²) in [6.07, 6.45) is 5.30. The highest BCUT2D eigenvalue weighted by Crippen LogP contribution is 2.35. The van der Waals surface area contributed by atoms with Crippen LogP contribution in [0.4, 0.5) is 5.69 Å². The van der Waals surface area contributed by atoms with Gasteiger partial charge in [-0.15, -0.1) is 0 Å². The van der Waals surface area contributed by atoms with Gasteiger partial charge >= 0.3 is 0 Å². The topological polar surface area (TPSA) is 56.6 Å². The lowest BCUT2D eigenvalue weighted by Gasteiger charge is -2.20. The number of anilines is 1. The van der Waals surface area contributed by atoms with Gasteiger partial charge < -0.3 is 18.9 Å².